The summed E-state index contributed by atoms with van der Waals surface area (Å²) in [6.45, 7) is 5.03. The van der Waals surface area contributed by atoms with E-state index >= 15 is 0 Å². The summed E-state index contributed by atoms with van der Waals surface area (Å²) >= 11 is 1.72. The summed E-state index contributed by atoms with van der Waals surface area (Å²) in [5.74, 6) is -0.157. The molecule has 0 radical (unpaired) electrons. The monoisotopic (exact) mass is 263 g/mol. The summed E-state index contributed by atoms with van der Waals surface area (Å²) in [5, 5.41) is 7.75. The van der Waals surface area contributed by atoms with E-state index in [0.717, 1.165) is 18.5 Å². The van der Waals surface area contributed by atoms with Gasteiger partial charge in [-0.2, -0.15) is 11.3 Å². The van der Waals surface area contributed by atoms with Gasteiger partial charge in [0.15, 0.2) is 0 Å². The number of benzene rings is 1. The molecule has 1 aromatic carbocycles. The largest absolute Gasteiger partial charge is 0.310 e. The molecule has 1 heterocycles. The van der Waals surface area contributed by atoms with Gasteiger partial charge in [-0.15, -0.1) is 0 Å². The number of halogens is 1. The number of hydrogen-bond donors (Lipinski definition) is 1. The van der Waals surface area contributed by atoms with Crippen LogP contribution in [0.4, 0.5) is 4.39 Å². The lowest BCUT2D eigenvalue weighted by Crippen LogP contribution is -2.21. The molecule has 3 heteroatoms. The molecule has 0 aliphatic rings. The average molecular weight is 263 g/mol. The van der Waals surface area contributed by atoms with E-state index in [1.165, 1.54) is 17.2 Å². The van der Waals surface area contributed by atoms with Gasteiger partial charge in [0.25, 0.3) is 0 Å². The highest BCUT2D eigenvalue weighted by Gasteiger charge is 2.05. The molecule has 0 spiro atoms. The predicted octanol–water partition coefficient (Wildman–Crippen LogP) is 4.09. The molecule has 0 aliphatic carbocycles. The fourth-order valence-corrected chi connectivity index (χ4v) is 2.76. The van der Waals surface area contributed by atoms with Gasteiger partial charge < -0.3 is 5.32 Å². The van der Waals surface area contributed by atoms with Crippen molar-refractivity contribution in [2.75, 3.05) is 6.54 Å². The fraction of sp³-hybridized carbons (Fsp3) is 0.333. The Morgan fingerprint density at radius 1 is 1.33 bits per heavy atom. The lowest BCUT2D eigenvalue weighted by Gasteiger charge is -2.13. The molecule has 0 aliphatic heterocycles. The van der Waals surface area contributed by atoms with E-state index in [-0.39, 0.29) is 5.82 Å². The standard InChI is InChI=1S/C15H18FNS/c1-11-9-15(16)4-3-13(11)5-7-17-12(2)14-6-8-18-10-14/h3-4,6,8-10,12,17H,5,7H2,1-2H3. The van der Waals surface area contributed by atoms with Gasteiger partial charge in [-0.05, 0) is 72.5 Å². The third-order valence-corrected chi connectivity index (χ3v) is 3.89. The van der Waals surface area contributed by atoms with Crippen LogP contribution >= 0.6 is 11.3 Å². The van der Waals surface area contributed by atoms with Crippen LogP contribution in [-0.2, 0) is 6.42 Å². The van der Waals surface area contributed by atoms with Crippen molar-refractivity contribution in [2.45, 2.75) is 26.3 Å². The SMILES string of the molecule is Cc1cc(F)ccc1CCNC(C)c1ccsc1. The minimum atomic E-state index is -0.157. The zero-order valence-electron chi connectivity index (χ0n) is 10.7. The zero-order chi connectivity index (χ0) is 13.0. The van der Waals surface area contributed by atoms with Crippen molar-refractivity contribution in [1.29, 1.82) is 0 Å². The van der Waals surface area contributed by atoms with E-state index in [1.54, 1.807) is 17.4 Å². The maximum atomic E-state index is 13.0. The van der Waals surface area contributed by atoms with Crippen molar-refractivity contribution in [3.63, 3.8) is 0 Å². The Morgan fingerprint density at radius 3 is 2.83 bits per heavy atom. The first kappa shape index (κ1) is 13.2. The smallest absolute Gasteiger partial charge is 0.123 e. The topological polar surface area (TPSA) is 12.0 Å². The molecule has 0 fully saturated rings. The van der Waals surface area contributed by atoms with Crippen molar-refractivity contribution in [3.05, 3.63) is 57.5 Å². The number of hydrogen-bond acceptors (Lipinski definition) is 2. The van der Waals surface area contributed by atoms with Crippen molar-refractivity contribution >= 4 is 11.3 Å². The van der Waals surface area contributed by atoms with Crippen LogP contribution in [0, 0.1) is 12.7 Å². The molecule has 1 unspecified atom stereocenters. The summed E-state index contributed by atoms with van der Waals surface area (Å²) in [6.07, 6.45) is 0.931. The summed E-state index contributed by atoms with van der Waals surface area (Å²) in [7, 11) is 0. The van der Waals surface area contributed by atoms with Crippen LogP contribution in [0.3, 0.4) is 0 Å². The van der Waals surface area contributed by atoms with Crippen LogP contribution in [0.15, 0.2) is 35.0 Å². The van der Waals surface area contributed by atoms with Crippen LogP contribution in [-0.4, -0.2) is 6.54 Å². The lowest BCUT2D eigenvalue weighted by molar-refractivity contribution is 0.576. The van der Waals surface area contributed by atoms with Crippen LogP contribution in [0.1, 0.15) is 29.7 Å². The second-order valence-electron chi connectivity index (χ2n) is 4.55. The van der Waals surface area contributed by atoms with Crippen LogP contribution in [0.25, 0.3) is 0 Å². The first-order chi connectivity index (χ1) is 8.66. The van der Waals surface area contributed by atoms with Crippen LogP contribution in [0.2, 0.25) is 0 Å². The second-order valence-corrected chi connectivity index (χ2v) is 5.33. The quantitative estimate of drug-likeness (QED) is 0.856. The molecule has 2 rings (SSSR count). The summed E-state index contributed by atoms with van der Waals surface area (Å²) in [6, 6.07) is 7.52. The van der Waals surface area contributed by atoms with Gasteiger partial charge in [-0.1, -0.05) is 6.07 Å². The van der Waals surface area contributed by atoms with Gasteiger partial charge in [0, 0.05) is 6.04 Å². The molecule has 18 heavy (non-hydrogen) atoms. The molecule has 0 saturated carbocycles. The number of aryl methyl sites for hydroxylation is 1. The van der Waals surface area contributed by atoms with Gasteiger partial charge in [-0.3, -0.25) is 0 Å². The number of rotatable bonds is 5. The zero-order valence-corrected chi connectivity index (χ0v) is 11.6. The van der Waals surface area contributed by atoms with Crippen molar-refractivity contribution < 1.29 is 4.39 Å². The van der Waals surface area contributed by atoms with Gasteiger partial charge in [0.1, 0.15) is 5.82 Å². The maximum Gasteiger partial charge on any atom is 0.123 e. The molecule has 2 aromatic rings. The van der Waals surface area contributed by atoms with Gasteiger partial charge in [-0.25, -0.2) is 4.39 Å². The highest BCUT2D eigenvalue weighted by molar-refractivity contribution is 7.07. The van der Waals surface area contributed by atoms with Gasteiger partial charge in [0.2, 0.25) is 0 Å². The molecular formula is C15H18FNS. The molecule has 96 valence electrons. The minimum Gasteiger partial charge on any atom is -0.310 e. The van der Waals surface area contributed by atoms with Gasteiger partial charge >= 0.3 is 0 Å². The Balaban J connectivity index is 1.85. The Morgan fingerprint density at radius 2 is 2.17 bits per heavy atom. The summed E-state index contributed by atoms with van der Waals surface area (Å²) in [5.41, 5.74) is 3.57. The lowest BCUT2D eigenvalue weighted by atomic mass is 10.1. The molecule has 0 bridgehead atoms. The van der Waals surface area contributed by atoms with E-state index in [2.05, 4.69) is 29.1 Å². The molecular weight excluding hydrogens is 245 g/mol. The van der Waals surface area contributed by atoms with Crippen molar-refractivity contribution in [3.8, 4) is 0 Å². The highest BCUT2D eigenvalue weighted by atomic mass is 32.1. The van der Waals surface area contributed by atoms with Crippen molar-refractivity contribution in [1.82, 2.24) is 5.32 Å². The molecule has 1 atom stereocenters. The maximum absolute atomic E-state index is 13.0. The van der Waals surface area contributed by atoms with E-state index < -0.39 is 0 Å². The molecule has 0 saturated heterocycles. The normalized spacial score (nSPS) is 12.6. The average Bonchev–Trinajstić information content (AvgIpc) is 2.85. The predicted molar refractivity (Wildman–Crippen MR) is 75.6 cm³/mol. The van der Waals surface area contributed by atoms with E-state index in [1.807, 2.05) is 13.0 Å². The Bertz CT molecular complexity index is 493. The Hall–Kier alpha value is -1.19. The van der Waals surface area contributed by atoms with E-state index in [9.17, 15) is 4.39 Å². The molecule has 0 amide bonds. The third kappa shape index (κ3) is 3.40. The second kappa shape index (κ2) is 6.12. The third-order valence-electron chi connectivity index (χ3n) is 3.19. The van der Waals surface area contributed by atoms with E-state index in [0.29, 0.717) is 6.04 Å². The van der Waals surface area contributed by atoms with Crippen molar-refractivity contribution in [2.24, 2.45) is 0 Å². The molecule has 1 nitrogen and oxygen atoms in total. The van der Waals surface area contributed by atoms with Gasteiger partial charge in [0.05, 0.1) is 0 Å². The Labute approximate surface area is 112 Å². The number of nitrogens with one attached hydrogen (secondary N) is 1. The molecule has 1 N–H and O–H groups in total. The first-order valence-corrected chi connectivity index (χ1v) is 7.11. The minimum absolute atomic E-state index is 0.157. The molecule has 1 aromatic heterocycles. The van der Waals surface area contributed by atoms with Crippen LogP contribution < -0.4 is 5.32 Å². The fourth-order valence-electron chi connectivity index (χ4n) is 2.00. The van der Waals surface area contributed by atoms with Crippen LogP contribution in [0.5, 0.6) is 0 Å². The number of thiophene rings is 1. The Kier molecular flexibility index (Phi) is 4.50. The summed E-state index contributed by atoms with van der Waals surface area (Å²) in [4.78, 5) is 0. The highest BCUT2D eigenvalue weighted by Crippen LogP contribution is 2.16. The first-order valence-electron chi connectivity index (χ1n) is 6.17. The summed E-state index contributed by atoms with van der Waals surface area (Å²) < 4.78 is 13.0. The van der Waals surface area contributed by atoms with E-state index in [4.69, 9.17) is 0 Å².